The van der Waals surface area contributed by atoms with Crippen LogP contribution in [0.2, 0.25) is 0 Å². The number of fused-ring (bicyclic) bond motifs is 2. The van der Waals surface area contributed by atoms with Gasteiger partial charge in [-0.25, -0.2) is 0 Å². The fraction of sp³-hybridized carbons (Fsp3) is 0.300. The van der Waals surface area contributed by atoms with Gasteiger partial charge >= 0.3 is 0 Å². The molecule has 2 aromatic rings. The maximum absolute atomic E-state index is 5.87. The minimum absolute atomic E-state index is 0.624. The van der Waals surface area contributed by atoms with Crippen molar-refractivity contribution in [3.63, 3.8) is 0 Å². The van der Waals surface area contributed by atoms with Gasteiger partial charge in [0.05, 0.1) is 0 Å². The molecule has 2 bridgehead atoms. The predicted octanol–water partition coefficient (Wildman–Crippen LogP) is 4.33. The summed E-state index contributed by atoms with van der Waals surface area (Å²) in [6, 6.07) is 18.9. The molecule has 22 heavy (non-hydrogen) atoms. The van der Waals surface area contributed by atoms with Crippen LogP contribution in [-0.2, 0) is 6.61 Å². The number of hydrogen-bond donors (Lipinski definition) is 0. The van der Waals surface area contributed by atoms with Crippen LogP contribution in [0.1, 0.15) is 24.0 Å². The van der Waals surface area contributed by atoms with E-state index < -0.39 is 0 Å². The molecule has 3 aliphatic heterocycles. The Kier molecular flexibility index (Phi) is 3.59. The summed E-state index contributed by atoms with van der Waals surface area (Å²) in [5.74, 6) is 1.69. The summed E-state index contributed by atoms with van der Waals surface area (Å²) in [6.07, 6.45) is 4.97. The minimum atomic E-state index is 0.624. The second kappa shape index (κ2) is 5.88. The zero-order chi connectivity index (χ0) is 14.8. The summed E-state index contributed by atoms with van der Waals surface area (Å²) in [7, 11) is 0. The van der Waals surface area contributed by atoms with Crippen molar-refractivity contribution in [2.45, 2.75) is 19.4 Å². The van der Waals surface area contributed by atoms with Crippen molar-refractivity contribution >= 4 is 5.57 Å². The molecule has 0 aromatic heterocycles. The van der Waals surface area contributed by atoms with Gasteiger partial charge in [0, 0.05) is 19.3 Å². The molecule has 0 amide bonds. The minimum Gasteiger partial charge on any atom is -0.489 e. The van der Waals surface area contributed by atoms with Gasteiger partial charge in [0.25, 0.3) is 0 Å². The van der Waals surface area contributed by atoms with E-state index in [0.717, 1.165) is 11.7 Å². The van der Waals surface area contributed by atoms with Crippen molar-refractivity contribution < 1.29 is 4.74 Å². The van der Waals surface area contributed by atoms with Gasteiger partial charge in [0.2, 0.25) is 0 Å². The number of rotatable bonds is 4. The highest BCUT2D eigenvalue weighted by molar-refractivity contribution is 5.69. The first-order valence-electron chi connectivity index (χ1n) is 8.11. The summed E-state index contributed by atoms with van der Waals surface area (Å²) in [5.41, 5.74) is 4.06. The standard InChI is InChI=1S/C20H21NO/c1-2-4-16(5-3-1)15-22-19-8-6-17(7-9-19)20-14-21-12-10-18(20)11-13-21/h1-9,14,18H,10-13,15H2. The predicted molar refractivity (Wildman–Crippen MR) is 89.5 cm³/mol. The van der Waals surface area contributed by atoms with Crippen LogP contribution in [0, 0.1) is 5.92 Å². The van der Waals surface area contributed by atoms with Crippen LogP contribution in [0.5, 0.6) is 5.75 Å². The van der Waals surface area contributed by atoms with E-state index in [0.29, 0.717) is 6.61 Å². The van der Waals surface area contributed by atoms with Gasteiger partial charge < -0.3 is 9.64 Å². The molecule has 0 atom stereocenters. The number of nitrogens with zero attached hydrogens (tertiary/aromatic N) is 1. The maximum Gasteiger partial charge on any atom is 0.119 e. The average Bonchev–Trinajstić information content (AvgIpc) is 2.62. The number of ether oxygens (including phenoxy) is 1. The molecule has 1 fully saturated rings. The van der Waals surface area contributed by atoms with E-state index in [1.807, 2.05) is 18.2 Å². The van der Waals surface area contributed by atoms with Crippen molar-refractivity contribution in [3.05, 3.63) is 71.9 Å². The molecule has 0 saturated carbocycles. The zero-order valence-corrected chi connectivity index (χ0v) is 12.7. The van der Waals surface area contributed by atoms with E-state index >= 15 is 0 Å². The molecule has 2 heteroatoms. The molecule has 0 N–H and O–H groups in total. The largest absolute Gasteiger partial charge is 0.489 e. The smallest absolute Gasteiger partial charge is 0.119 e. The molecule has 112 valence electrons. The van der Waals surface area contributed by atoms with Crippen LogP contribution in [0.4, 0.5) is 0 Å². The van der Waals surface area contributed by atoms with Gasteiger partial charge in [-0.05, 0) is 47.6 Å². The second-order valence-electron chi connectivity index (χ2n) is 6.19. The lowest BCUT2D eigenvalue weighted by atomic mass is 9.82. The highest BCUT2D eigenvalue weighted by atomic mass is 16.5. The number of allylic oxidation sites excluding steroid dienone is 1. The molecule has 1 saturated heterocycles. The Morgan fingerprint density at radius 2 is 1.64 bits per heavy atom. The van der Waals surface area contributed by atoms with Crippen LogP contribution in [0.15, 0.2) is 60.8 Å². The van der Waals surface area contributed by atoms with Crippen LogP contribution in [0.25, 0.3) is 5.57 Å². The number of hydrogen-bond acceptors (Lipinski definition) is 2. The fourth-order valence-corrected chi connectivity index (χ4v) is 3.44. The lowest BCUT2D eigenvalue weighted by Gasteiger charge is -2.39. The summed E-state index contributed by atoms with van der Waals surface area (Å²) in [5, 5.41) is 0. The van der Waals surface area contributed by atoms with Crippen LogP contribution in [0.3, 0.4) is 0 Å². The van der Waals surface area contributed by atoms with Crippen LogP contribution < -0.4 is 4.74 Å². The molecular formula is C20H21NO. The molecular weight excluding hydrogens is 270 g/mol. The van der Waals surface area contributed by atoms with Gasteiger partial charge in [-0.3, -0.25) is 0 Å². The molecule has 3 aliphatic rings. The SMILES string of the molecule is C1=C(c2ccc(OCc3ccccc3)cc2)C2CCN1CC2. The summed E-state index contributed by atoms with van der Waals surface area (Å²) < 4.78 is 5.87. The first kappa shape index (κ1) is 13.4. The topological polar surface area (TPSA) is 12.5 Å². The lowest BCUT2D eigenvalue weighted by Crippen LogP contribution is -2.35. The molecule has 0 spiro atoms. The Bertz CT molecular complexity index is 652. The molecule has 0 unspecified atom stereocenters. The summed E-state index contributed by atoms with van der Waals surface area (Å²) in [4.78, 5) is 2.45. The monoisotopic (exact) mass is 291 g/mol. The number of piperidine rings is 1. The quantitative estimate of drug-likeness (QED) is 0.831. The third kappa shape index (κ3) is 2.74. The first-order valence-corrected chi connectivity index (χ1v) is 8.11. The van der Waals surface area contributed by atoms with E-state index in [1.165, 1.54) is 42.6 Å². The van der Waals surface area contributed by atoms with Crippen molar-refractivity contribution in [1.29, 1.82) is 0 Å². The normalized spacial score (nSPS) is 17.5. The molecule has 3 heterocycles. The van der Waals surface area contributed by atoms with Gasteiger partial charge in [0.15, 0.2) is 0 Å². The van der Waals surface area contributed by atoms with Gasteiger partial charge in [0.1, 0.15) is 12.4 Å². The van der Waals surface area contributed by atoms with Crippen LogP contribution >= 0.6 is 0 Å². The maximum atomic E-state index is 5.87. The third-order valence-corrected chi connectivity index (χ3v) is 4.73. The molecule has 2 nitrogen and oxygen atoms in total. The Labute approximate surface area is 132 Å². The second-order valence-corrected chi connectivity index (χ2v) is 6.19. The summed E-state index contributed by atoms with van der Waals surface area (Å²) in [6.45, 7) is 3.08. The Morgan fingerprint density at radius 1 is 0.909 bits per heavy atom. The van der Waals surface area contributed by atoms with Gasteiger partial charge in [-0.15, -0.1) is 0 Å². The summed E-state index contributed by atoms with van der Waals surface area (Å²) >= 11 is 0. The average molecular weight is 291 g/mol. The van der Waals surface area contributed by atoms with Gasteiger partial charge in [-0.2, -0.15) is 0 Å². The molecule has 2 aromatic carbocycles. The van der Waals surface area contributed by atoms with Gasteiger partial charge in [-0.1, -0.05) is 42.5 Å². The first-order chi connectivity index (χ1) is 10.9. The highest BCUT2D eigenvalue weighted by Gasteiger charge is 2.27. The Balaban J connectivity index is 1.45. The third-order valence-electron chi connectivity index (χ3n) is 4.73. The Morgan fingerprint density at radius 3 is 2.27 bits per heavy atom. The number of benzene rings is 2. The van der Waals surface area contributed by atoms with Crippen molar-refractivity contribution in [2.24, 2.45) is 5.92 Å². The van der Waals surface area contributed by atoms with E-state index in [4.69, 9.17) is 4.74 Å². The highest BCUT2D eigenvalue weighted by Crippen LogP contribution is 2.37. The van der Waals surface area contributed by atoms with E-state index in [9.17, 15) is 0 Å². The molecule has 5 rings (SSSR count). The lowest BCUT2D eigenvalue weighted by molar-refractivity contribution is 0.252. The molecule has 0 radical (unpaired) electrons. The van der Waals surface area contributed by atoms with Crippen molar-refractivity contribution in [1.82, 2.24) is 4.90 Å². The van der Waals surface area contributed by atoms with Crippen molar-refractivity contribution in [3.8, 4) is 5.75 Å². The van der Waals surface area contributed by atoms with E-state index in [1.54, 1.807) is 0 Å². The van der Waals surface area contributed by atoms with Crippen LogP contribution in [-0.4, -0.2) is 18.0 Å². The van der Waals surface area contributed by atoms with E-state index in [-0.39, 0.29) is 0 Å². The van der Waals surface area contributed by atoms with Crippen molar-refractivity contribution in [2.75, 3.05) is 13.1 Å². The molecule has 0 aliphatic carbocycles. The Hall–Kier alpha value is -2.22. The zero-order valence-electron chi connectivity index (χ0n) is 12.7. The van der Waals surface area contributed by atoms with E-state index in [2.05, 4.69) is 47.5 Å². The fourth-order valence-electron chi connectivity index (χ4n) is 3.44.